The fourth-order valence-electron chi connectivity index (χ4n) is 1.47. The third-order valence-electron chi connectivity index (χ3n) is 2.45. The number of methoxy groups -OCH3 is 1. The van der Waals surface area contributed by atoms with Gasteiger partial charge in [-0.3, -0.25) is 0 Å². The zero-order chi connectivity index (χ0) is 10.1. The zero-order valence-corrected chi connectivity index (χ0v) is 7.99. The predicted octanol–water partition coefficient (Wildman–Crippen LogP) is -0.463. The third-order valence-corrected chi connectivity index (χ3v) is 2.45. The van der Waals surface area contributed by atoms with E-state index in [1.165, 1.54) is 12.0 Å². The van der Waals surface area contributed by atoms with Crippen LogP contribution in [0.2, 0.25) is 0 Å². The number of β-amino-alcohol motifs (C(OH)–C–C–N with tert-alkyl or cyclic N) is 1. The molecule has 1 amide bonds. The average Bonchev–Trinajstić information content (AvgIpc) is 2.08. The van der Waals surface area contributed by atoms with Gasteiger partial charge in [-0.05, 0) is 13.3 Å². The van der Waals surface area contributed by atoms with Gasteiger partial charge in [0, 0.05) is 12.6 Å². The highest BCUT2D eigenvalue weighted by Crippen LogP contribution is 2.19. The van der Waals surface area contributed by atoms with Gasteiger partial charge in [0.2, 0.25) is 0 Å². The van der Waals surface area contributed by atoms with Crippen LogP contribution < -0.4 is 5.73 Å². The molecule has 5 nitrogen and oxygen atoms in total. The molecule has 0 radical (unpaired) electrons. The second kappa shape index (κ2) is 3.51. The number of hydrogen-bond donors (Lipinski definition) is 2. The van der Waals surface area contributed by atoms with Crippen LogP contribution in [0.25, 0.3) is 0 Å². The number of carbonyl (C=O) groups excluding carboxylic acids is 1. The van der Waals surface area contributed by atoms with Crippen molar-refractivity contribution < 1.29 is 14.6 Å². The molecule has 1 aliphatic rings. The highest BCUT2D eigenvalue weighted by Gasteiger charge is 2.37. The van der Waals surface area contributed by atoms with Crippen molar-refractivity contribution >= 4 is 6.09 Å². The van der Waals surface area contributed by atoms with E-state index >= 15 is 0 Å². The van der Waals surface area contributed by atoms with E-state index in [2.05, 4.69) is 4.74 Å². The van der Waals surface area contributed by atoms with Gasteiger partial charge in [-0.1, -0.05) is 0 Å². The first-order valence-electron chi connectivity index (χ1n) is 4.28. The average molecular weight is 188 g/mol. The summed E-state index contributed by atoms with van der Waals surface area (Å²) < 4.78 is 4.55. The van der Waals surface area contributed by atoms with Gasteiger partial charge in [-0.15, -0.1) is 0 Å². The van der Waals surface area contributed by atoms with Gasteiger partial charge in [0.05, 0.1) is 19.3 Å². The number of amides is 1. The highest BCUT2D eigenvalue weighted by atomic mass is 16.5. The third kappa shape index (κ3) is 2.10. The van der Waals surface area contributed by atoms with E-state index in [1.54, 1.807) is 6.92 Å². The van der Waals surface area contributed by atoms with Crippen molar-refractivity contribution in [2.45, 2.75) is 25.0 Å². The predicted molar refractivity (Wildman–Crippen MR) is 47.2 cm³/mol. The number of likely N-dealkylation sites (tertiary alicyclic amines) is 1. The lowest BCUT2D eigenvalue weighted by Crippen LogP contribution is -2.59. The normalized spacial score (nSPS) is 34.5. The molecular weight excluding hydrogens is 172 g/mol. The molecule has 0 bridgehead atoms. The summed E-state index contributed by atoms with van der Waals surface area (Å²) in [6, 6.07) is -0.270. The molecule has 0 aromatic carbocycles. The van der Waals surface area contributed by atoms with E-state index in [-0.39, 0.29) is 12.6 Å². The van der Waals surface area contributed by atoms with Crippen LogP contribution in [0.4, 0.5) is 4.79 Å². The highest BCUT2D eigenvalue weighted by molar-refractivity contribution is 5.67. The molecule has 5 heteroatoms. The molecule has 0 spiro atoms. The Balaban J connectivity index is 2.60. The van der Waals surface area contributed by atoms with Crippen LogP contribution in [0.1, 0.15) is 13.3 Å². The second-order valence-corrected chi connectivity index (χ2v) is 3.64. The molecule has 1 aliphatic heterocycles. The molecule has 0 aliphatic carbocycles. The SMILES string of the molecule is COC(=O)N1CCC(N)[C@](C)(O)C1. The van der Waals surface area contributed by atoms with E-state index in [0.29, 0.717) is 13.0 Å². The van der Waals surface area contributed by atoms with Crippen molar-refractivity contribution in [3.63, 3.8) is 0 Å². The molecule has 0 saturated carbocycles. The van der Waals surface area contributed by atoms with Crippen molar-refractivity contribution in [3.8, 4) is 0 Å². The monoisotopic (exact) mass is 188 g/mol. The van der Waals surface area contributed by atoms with E-state index in [0.717, 1.165) is 0 Å². The number of rotatable bonds is 0. The summed E-state index contributed by atoms with van der Waals surface area (Å²) in [5.74, 6) is 0. The minimum absolute atomic E-state index is 0.237. The first kappa shape index (κ1) is 10.3. The lowest BCUT2D eigenvalue weighted by atomic mass is 9.90. The standard InChI is InChI=1S/C8H16N2O3/c1-8(12)5-10(7(11)13-2)4-3-6(8)9/h6,12H,3-5,9H2,1-2H3/t6?,8-/m1/s1. The van der Waals surface area contributed by atoms with Crippen LogP contribution >= 0.6 is 0 Å². The molecule has 1 fully saturated rings. The molecule has 1 unspecified atom stereocenters. The van der Waals surface area contributed by atoms with Gasteiger partial charge >= 0.3 is 6.09 Å². The van der Waals surface area contributed by atoms with Crippen molar-refractivity contribution in [3.05, 3.63) is 0 Å². The summed E-state index contributed by atoms with van der Waals surface area (Å²) in [7, 11) is 1.32. The van der Waals surface area contributed by atoms with Crippen LogP contribution in [0.5, 0.6) is 0 Å². The van der Waals surface area contributed by atoms with Crippen LogP contribution in [0.3, 0.4) is 0 Å². The van der Waals surface area contributed by atoms with Gasteiger partial charge < -0.3 is 20.5 Å². The molecule has 3 N–H and O–H groups in total. The minimum Gasteiger partial charge on any atom is -0.453 e. The van der Waals surface area contributed by atoms with Gasteiger partial charge in [0.25, 0.3) is 0 Å². The number of ether oxygens (including phenoxy) is 1. The number of carbonyl (C=O) groups is 1. The topological polar surface area (TPSA) is 75.8 Å². The number of hydrogen-bond acceptors (Lipinski definition) is 4. The number of nitrogens with zero attached hydrogens (tertiary/aromatic N) is 1. The Morgan fingerprint density at radius 2 is 2.38 bits per heavy atom. The molecule has 1 saturated heterocycles. The van der Waals surface area contributed by atoms with Crippen LogP contribution in [-0.4, -0.2) is 47.9 Å². The van der Waals surface area contributed by atoms with Gasteiger partial charge in [0.1, 0.15) is 0 Å². The summed E-state index contributed by atoms with van der Waals surface area (Å²) in [6.07, 6.45) is 0.189. The Hall–Kier alpha value is -0.810. The molecule has 0 aromatic heterocycles. The van der Waals surface area contributed by atoms with Crippen molar-refractivity contribution in [2.24, 2.45) is 5.73 Å². The van der Waals surface area contributed by atoms with Crippen LogP contribution in [0, 0.1) is 0 Å². The molecule has 13 heavy (non-hydrogen) atoms. The van der Waals surface area contributed by atoms with E-state index in [1.807, 2.05) is 0 Å². The summed E-state index contributed by atoms with van der Waals surface area (Å²) in [6.45, 7) is 2.41. The maximum atomic E-state index is 11.1. The molecule has 2 atom stereocenters. The zero-order valence-electron chi connectivity index (χ0n) is 7.99. The smallest absolute Gasteiger partial charge is 0.409 e. The van der Waals surface area contributed by atoms with E-state index in [4.69, 9.17) is 5.73 Å². The Bertz CT molecular complexity index is 206. The fourth-order valence-corrected chi connectivity index (χ4v) is 1.47. The maximum absolute atomic E-state index is 11.1. The molecule has 1 heterocycles. The Kier molecular flexibility index (Phi) is 2.77. The molecular formula is C8H16N2O3. The summed E-state index contributed by atoms with van der Waals surface area (Å²) in [5, 5.41) is 9.78. The Morgan fingerprint density at radius 1 is 1.77 bits per heavy atom. The summed E-state index contributed by atoms with van der Waals surface area (Å²) >= 11 is 0. The van der Waals surface area contributed by atoms with Crippen molar-refractivity contribution in [2.75, 3.05) is 20.2 Å². The molecule has 1 rings (SSSR count). The van der Waals surface area contributed by atoms with E-state index in [9.17, 15) is 9.90 Å². The van der Waals surface area contributed by atoms with Crippen LogP contribution in [-0.2, 0) is 4.74 Å². The minimum atomic E-state index is -1.01. The number of aliphatic hydroxyl groups is 1. The van der Waals surface area contributed by atoms with Gasteiger partial charge in [0.15, 0.2) is 0 Å². The second-order valence-electron chi connectivity index (χ2n) is 3.64. The summed E-state index contributed by atoms with van der Waals surface area (Å²) in [5.41, 5.74) is 4.68. The van der Waals surface area contributed by atoms with Crippen molar-refractivity contribution in [1.82, 2.24) is 4.90 Å². The molecule has 0 aromatic rings. The Labute approximate surface area is 77.5 Å². The first-order valence-corrected chi connectivity index (χ1v) is 4.28. The largest absolute Gasteiger partial charge is 0.453 e. The maximum Gasteiger partial charge on any atom is 0.409 e. The summed E-state index contributed by atoms with van der Waals surface area (Å²) in [4.78, 5) is 12.6. The molecule has 76 valence electrons. The van der Waals surface area contributed by atoms with Crippen LogP contribution in [0.15, 0.2) is 0 Å². The number of piperidine rings is 1. The van der Waals surface area contributed by atoms with Gasteiger partial charge in [-0.2, -0.15) is 0 Å². The van der Waals surface area contributed by atoms with Crippen molar-refractivity contribution in [1.29, 1.82) is 0 Å². The first-order chi connectivity index (χ1) is 5.97. The van der Waals surface area contributed by atoms with E-state index < -0.39 is 11.7 Å². The quantitative estimate of drug-likeness (QED) is 0.539. The lowest BCUT2D eigenvalue weighted by molar-refractivity contribution is -0.0281. The van der Waals surface area contributed by atoms with Gasteiger partial charge in [-0.25, -0.2) is 4.79 Å². The lowest BCUT2D eigenvalue weighted by Gasteiger charge is -2.40. The Morgan fingerprint density at radius 3 is 2.85 bits per heavy atom. The number of nitrogens with two attached hydrogens (primary N) is 1. The fraction of sp³-hybridized carbons (Fsp3) is 0.875.